The first kappa shape index (κ1) is 15.8. The first-order chi connectivity index (χ1) is 8.54. The maximum absolute atomic E-state index is 9.72. The molecule has 108 valence electrons. The first-order valence-corrected chi connectivity index (χ1v) is 6.07. The van der Waals surface area contributed by atoms with E-state index in [0.29, 0.717) is 0 Å². The van der Waals surface area contributed by atoms with Gasteiger partial charge in [-0.25, -0.2) is 0 Å². The van der Waals surface area contributed by atoms with Crippen LogP contribution in [0.1, 0.15) is 13.3 Å². The summed E-state index contributed by atoms with van der Waals surface area (Å²) < 4.78 is 15.9. The van der Waals surface area contributed by atoms with Crippen LogP contribution in [0, 0.1) is 0 Å². The van der Waals surface area contributed by atoms with Crippen LogP contribution in [0.3, 0.4) is 0 Å². The van der Waals surface area contributed by atoms with E-state index in [9.17, 15) is 10.2 Å². The van der Waals surface area contributed by atoms with Crippen molar-refractivity contribution in [1.82, 2.24) is 0 Å². The Morgan fingerprint density at radius 2 is 2.00 bits per heavy atom. The summed E-state index contributed by atoms with van der Waals surface area (Å²) in [5.41, 5.74) is 5.72. The molecule has 6 atom stereocenters. The van der Waals surface area contributed by atoms with Gasteiger partial charge >= 0.3 is 0 Å². The van der Waals surface area contributed by atoms with Gasteiger partial charge in [0.1, 0.15) is 18.3 Å². The lowest BCUT2D eigenvalue weighted by molar-refractivity contribution is -0.270. The van der Waals surface area contributed by atoms with E-state index in [-0.39, 0.29) is 12.7 Å². The third kappa shape index (κ3) is 3.61. The van der Waals surface area contributed by atoms with E-state index in [1.165, 1.54) is 0 Å². The number of nitrogens with two attached hydrogens (primary N) is 1. The number of aliphatic hydroxyl groups is 3. The Morgan fingerprint density at radius 3 is 2.50 bits per heavy atom. The number of ether oxygens (including phenoxy) is 3. The molecule has 7 nitrogen and oxygen atoms in total. The van der Waals surface area contributed by atoms with Crippen molar-refractivity contribution in [1.29, 1.82) is 0 Å². The third-order valence-corrected chi connectivity index (χ3v) is 3.16. The van der Waals surface area contributed by atoms with Gasteiger partial charge in [-0.2, -0.15) is 0 Å². The second kappa shape index (κ2) is 7.34. The largest absolute Gasteiger partial charge is 0.394 e. The summed E-state index contributed by atoms with van der Waals surface area (Å²) in [6, 6.07) is -0.864. The standard InChI is InChI=1S/C11H23NO6/c1-3-6(16-2)5-17-11-8(12)10(15)9(14)7(4-13)18-11/h6-11,13-15H,3-5,12H2,1-2H3/t6?,7?,8?,9-,10-,11-/m1/s1. The summed E-state index contributed by atoms with van der Waals surface area (Å²) in [5, 5.41) is 28.4. The minimum Gasteiger partial charge on any atom is -0.394 e. The molecule has 0 aromatic rings. The molecule has 1 fully saturated rings. The van der Waals surface area contributed by atoms with Crippen LogP contribution in [0.2, 0.25) is 0 Å². The van der Waals surface area contributed by atoms with Crippen LogP contribution in [0.25, 0.3) is 0 Å². The van der Waals surface area contributed by atoms with Gasteiger partial charge in [0.25, 0.3) is 0 Å². The number of aliphatic hydroxyl groups excluding tert-OH is 3. The van der Waals surface area contributed by atoms with Gasteiger partial charge in [-0.15, -0.1) is 0 Å². The van der Waals surface area contributed by atoms with E-state index < -0.39 is 37.3 Å². The zero-order valence-corrected chi connectivity index (χ0v) is 10.7. The lowest BCUT2D eigenvalue weighted by Crippen LogP contribution is -2.62. The van der Waals surface area contributed by atoms with Gasteiger partial charge < -0.3 is 35.3 Å². The summed E-state index contributed by atoms with van der Waals surface area (Å²) in [7, 11) is 1.58. The van der Waals surface area contributed by atoms with Crippen LogP contribution in [0.15, 0.2) is 0 Å². The summed E-state index contributed by atoms with van der Waals surface area (Å²) in [4.78, 5) is 0. The lowest BCUT2D eigenvalue weighted by Gasteiger charge is -2.40. The van der Waals surface area contributed by atoms with E-state index in [4.69, 9.17) is 25.1 Å². The maximum atomic E-state index is 9.72. The average Bonchev–Trinajstić information content (AvgIpc) is 2.39. The Labute approximate surface area is 106 Å². The van der Waals surface area contributed by atoms with Gasteiger partial charge in [0.05, 0.1) is 25.4 Å². The minimum atomic E-state index is -1.21. The van der Waals surface area contributed by atoms with E-state index in [2.05, 4.69) is 0 Å². The molecular weight excluding hydrogens is 242 g/mol. The second-order valence-electron chi connectivity index (χ2n) is 4.38. The van der Waals surface area contributed by atoms with Gasteiger partial charge in [-0.1, -0.05) is 6.92 Å². The molecule has 18 heavy (non-hydrogen) atoms. The Hall–Kier alpha value is -0.280. The summed E-state index contributed by atoms with van der Waals surface area (Å²) in [5.74, 6) is 0. The summed E-state index contributed by atoms with van der Waals surface area (Å²) in [6.45, 7) is 1.81. The fourth-order valence-electron chi connectivity index (χ4n) is 1.81. The van der Waals surface area contributed by atoms with E-state index >= 15 is 0 Å². The number of rotatable bonds is 6. The van der Waals surface area contributed by atoms with Crippen LogP contribution in [0.5, 0.6) is 0 Å². The molecule has 0 aromatic carbocycles. The number of methoxy groups -OCH3 is 1. The molecule has 1 heterocycles. The fourth-order valence-corrected chi connectivity index (χ4v) is 1.81. The van der Waals surface area contributed by atoms with Crippen LogP contribution in [0.4, 0.5) is 0 Å². The van der Waals surface area contributed by atoms with Gasteiger partial charge in [0, 0.05) is 7.11 Å². The van der Waals surface area contributed by atoms with Crippen LogP contribution in [-0.4, -0.2) is 72.4 Å². The second-order valence-corrected chi connectivity index (χ2v) is 4.38. The number of hydrogen-bond donors (Lipinski definition) is 4. The highest BCUT2D eigenvalue weighted by Gasteiger charge is 2.43. The zero-order chi connectivity index (χ0) is 13.7. The highest BCUT2D eigenvalue weighted by atomic mass is 16.7. The summed E-state index contributed by atoms with van der Waals surface area (Å²) in [6.07, 6.45) is -3.49. The molecular formula is C11H23NO6. The molecule has 0 bridgehead atoms. The quantitative estimate of drug-likeness (QED) is 0.447. The van der Waals surface area contributed by atoms with Crippen molar-refractivity contribution < 1.29 is 29.5 Å². The third-order valence-electron chi connectivity index (χ3n) is 3.16. The predicted octanol–water partition coefficient (Wildman–Crippen LogP) is -1.81. The van der Waals surface area contributed by atoms with Crippen molar-refractivity contribution in [3.05, 3.63) is 0 Å². The smallest absolute Gasteiger partial charge is 0.175 e. The van der Waals surface area contributed by atoms with Gasteiger partial charge in [0.2, 0.25) is 0 Å². The van der Waals surface area contributed by atoms with Gasteiger partial charge in [0.15, 0.2) is 6.29 Å². The summed E-state index contributed by atoms with van der Waals surface area (Å²) >= 11 is 0. The molecule has 0 radical (unpaired) electrons. The van der Waals surface area contributed by atoms with Crippen molar-refractivity contribution in [3.63, 3.8) is 0 Å². The van der Waals surface area contributed by atoms with Crippen molar-refractivity contribution >= 4 is 0 Å². The van der Waals surface area contributed by atoms with Crippen LogP contribution >= 0.6 is 0 Å². The molecule has 0 aromatic heterocycles. The highest BCUT2D eigenvalue weighted by Crippen LogP contribution is 2.21. The first-order valence-electron chi connectivity index (χ1n) is 6.07. The monoisotopic (exact) mass is 265 g/mol. The Kier molecular flexibility index (Phi) is 6.44. The van der Waals surface area contributed by atoms with Gasteiger partial charge in [-0.05, 0) is 6.42 Å². The molecule has 1 saturated heterocycles. The minimum absolute atomic E-state index is 0.0858. The molecule has 1 aliphatic rings. The molecule has 7 heteroatoms. The average molecular weight is 265 g/mol. The molecule has 0 spiro atoms. The Morgan fingerprint density at radius 1 is 1.33 bits per heavy atom. The van der Waals surface area contributed by atoms with Crippen LogP contribution < -0.4 is 5.73 Å². The van der Waals surface area contributed by atoms with E-state index in [1.54, 1.807) is 7.11 Å². The highest BCUT2D eigenvalue weighted by molar-refractivity contribution is 4.91. The van der Waals surface area contributed by atoms with Crippen molar-refractivity contribution in [2.75, 3.05) is 20.3 Å². The van der Waals surface area contributed by atoms with E-state index in [0.717, 1.165) is 6.42 Å². The topological polar surface area (TPSA) is 114 Å². The van der Waals surface area contributed by atoms with Crippen molar-refractivity contribution in [2.45, 2.75) is 50.1 Å². The normalized spacial score (nSPS) is 38.7. The van der Waals surface area contributed by atoms with Gasteiger partial charge in [-0.3, -0.25) is 0 Å². The molecule has 3 unspecified atom stereocenters. The Bertz CT molecular complexity index is 236. The van der Waals surface area contributed by atoms with Crippen molar-refractivity contribution in [3.8, 4) is 0 Å². The molecule has 0 saturated carbocycles. The fraction of sp³-hybridized carbons (Fsp3) is 1.00. The number of hydrogen-bond acceptors (Lipinski definition) is 7. The molecule has 0 aliphatic carbocycles. The molecule has 1 rings (SSSR count). The SMILES string of the molecule is CCC(CO[C@@H]1OC(CO)[C@@H](O)[C@H](O)C1N)OC. The molecule has 1 aliphatic heterocycles. The zero-order valence-electron chi connectivity index (χ0n) is 10.7. The van der Waals surface area contributed by atoms with Crippen molar-refractivity contribution in [2.24, 2.45) is 5.73 Å². The van der Waals surface area contributed by atoms with E-state index in [1.807, 2.05) is 6.92 Å². The predicted molar refractivity (Wildman–Crippen MR) is 62.8 cm³/mol. The molecule has 5 N–H and O–H groups in total. The lowest BCUT2D eigenvalue weighted by atomic mass is 9.98. The maximum Gasteiger partial charge on any atom is 0.175 e. The van der Waals surface area contributed by atoms with Crippen LogP contribution in [-0.2, 0) is 14.2 Å². The molecule has 0 amide bonds. The Balaban J connectivity index is 2.53.